The summed E-state index contributed by atoms with van der Waals surface area (Å²) in [5.74, 6) is 0. The average Bonchev–Trinajstić information content (AvgIpc) is 2.94. The zero-order chi connectivity index (χ0) is 19.8. The van der Waals surface area contributed by atoms with Crippen molar-refractivity contribution >= 4 is 17.4 Å². The van der Waals surface area contributed by atoms with Crippen molar-refractivity contribution < 1.29 is 22.9 Å². The second-order valence-electron chi connectivity index (χ2n) is 6.34. The Morgan fingerprint density at radius 1 is 1.22 bits per heavy atom. The van der Waals surface area contributed by atoms with Crippen LogP contribution in [0.3, 0.4) is 0 Å². The Labute approximate surface area is 152 Å². The van der Waals surface area contributed by atoms with Crippen LogP contribution in [-0.2, 0) is 12.6 Å². The van der Waals surface area contributed by atoms with Gasteiger partial charge in [0.1, 0.15) is 0 Å². The molecule has 1 unspecified atom stereocenters. The number of benzene rings is 2. The van der Waals surface area contributed by atoms with Crippen LogP contribution in [0.25, 0.3) is 0 Å². The molecule has 0 radical (unpaired) electrons. The second kappa shape index (κ2) is 6.90. The summed E-state index contributed by atoms with van der Waals surface area (Å²) in [7, 11) is 0. The Bertz CT molecular complexity index is 882. The van der Waals surface area contributed by atoms with Crippen molar-refractivity contribution in [3.63, 3.8) is 0 Å². The molecule has 1 atom stereocenters. The van der Waals surface area contributed by atoms with E-state index in [0.29, 0.717) is 24.2 Å². The molecule has 1 N–H and O–H groups in total. The van der Waals surface area contributed by atoms with Crippen LogP contribution in [0.5, 0.6) is 0 Å². The molecule has 27 heavy (non-hydrogen) atoms. The van der Waals surface area contributed by atoms with Crippen molar-refractivity contribution in [1.29, 1.82) is 0 Å². The standard InChI is InChI=1S/C18H16F3N3O3/c1-11-8-12(2-7-16(11)24(26)27)9-15-10-22-17(25)23(15)14-5-3-13(4-6-14)18(19,20)21/h2-8,15H,9-10H2,1H3,(H,22,25). The number of aryl methyl sites for hydroxylation is 1. The summed E-state index contributed by atoms with van der Waals surface area (Å²) < 4.78 is 38.2. The van der Waals surface area contributed by atoms with Crippen LogP contribution in [0, 0.1) is 17.0 Å². The number of rotatable bonds is 4. The topological polar surface area (TPSA) is 75.5 Å². The maximum absolute atomic E-state index is 12.7. The number of nitrogens with zero attached hydrogens (tertiary/aromatic N) is 2. The summed E-state index contributed by atoms with van der Waals surface area (Å²) in [6.45, 7) is 1.96. The Kier molecular flexibility index (Phi) is 4.77. The van der Waals surface area contributed by atoms with Crippen LogP contribution in [0.1, 0.15) is 16.7 Å². The molecule has 1 saturated heterocycles. The van der Waals surface area contributed by atoms with Gasteiger partial charge in [-0.2, -0.15) is 13.2 Å². The molecule has 3 rings (SSSR count). The monoisotopic (exact) mass is 379 g/mol. The summed E-state index contributed by atoms with van der Waals surface area (Å²) >= 11 is 0. The van der Waals surface area contributed by atoms with Gasteiger partial charge in [0, 0.05) is 23.9 Å². The molecule has 0 spiro atoms. The smallest absolute Gasteiger partial charge is 0.336 e. The Morgan fingerprint density at radius 3 is 2.44 bits per heavy atom. The van der Waals surface area contributed by atoms with E-state index in [9.17, 15) is 28.1 Å². The molecule has 142 valence electrons. The van der Waals surface area contributed by atoms with E-state index in [1.807, 2.05) is 0 Å². The van der Waals surface area contributed by atoms with Crippen LogP contribution in [0.2, 0.25) is 0 Å². The number of nitro benzene ring substituents is 1. The van der Waals surface area contributed by atoms with E-state index in [1.165, 1.54) is 23.1 Å². The number of hydrogen-bond acceptors (Lipinski definition) is 3. The summed E-state index contributed by atoms with van der Waals surface area (Å²) in [4.78, 5) is 24.0. The normalized spacial score (nSPS) is 17.1. The van der Waals surface area contributed by atoms with Gasteiger partial charge >= 0.3 is 12.2 Å². The van der Waals surface area contributed by atoms with Crippen molar-refractivity contribution in [3.05, 3.63) is 69.3 Å². The van der Waals surface area contributed by atoms with Crippen molar-refractivity contribution in [2.75, 3.05) is 11.4 Å². The van der Waals surface area contributed by atoms with E-state index in [1.54, 1.807) is 19.1 Å². The minimum absolute atomic E-state index is 0.0129. The number of halogens is 3. The van der Waals surface area contributed by atoms with Gasteiger partial charge in [-0.25, -0.2) is 4.79 Å². The van der Waals surface area contributed by atoms with E-state index in [2.05, 4.69) is 5.32 Å². The SMILES string of the molecule is Cc1cc(CC2CNC(=O)N2c2ccc(C(F)(F)F)cc2)ccc1[N+](=O)[O-]. The predicted molar refractivity (Wildman–Crippen MR) is 92.6 cm³/mol. The molecule has 6 nitrogen and oxygen atoms in total. The maximum Gasteiger partial charge on any atom is 0.416 e. The van der Waals surface area contributed by atoms with Crippen LogP contribution in [0.15, 0.2) is 42.5 Å². The second-order valence-corrected chi connectivity index (χ2v) is 6.34. The van der Waals surface area contributed by atoms with Crippen LogP contribution in [-0.4, -0.2) is 23.5 Å². The van der Waals surface area contributed by atoms with Gasteiger partial charge in [-0.15, -0.1) is 0 Å². The molecule has 1 fully saturated rings. The maximum atomic E-state index is 12.7. The molecular formula is C18H16F3N3O3. The number of nitro groups is 1. The van der Waals surface area contributed by atoms with Crippen molar-refractivity contribution in [1.82, 2.24) is 5.32 Å². The first-order chi connectivity index (χ1) is 12.7. The Balaban J connectivity index is 1.82. The van der Waals surface area contributed by atoms with E-state index in [-0.39, 0.29) is 11.7 Å². The van der Waals surface area contributed by atoms with Crippen LogP contribution < -0.4 is 10.2 Å². The van der Waals surface area contributed by atoms with Crippen molar-refractivity contribution in [3.8, 4) is 0 Å². The predicted octanol–water partition coefficient (Wildman–Crippen LogP) is 4.06. The fourth-order valence-corrected chi connectivity index (χ4v) is 3.17. The lowest BCUT2D eigenvalue weighted by Gasteiger charge is -2.24. The largest absolute Gasteiger partial charge is 0.416 e. The van der Waals surface area contributed by atoms with E-state index >= 15 is 0 Å². The molecule has 2 amide bonds. The third-order valence-electron chi connectivity index (χ3n) is 4.47. The fraction of sp³-hybridized carbons (Fsp3) is 0.278. The first-order valence-corrected chi connectivity index (χ1v) is 8.15. The minimum atomic E-state index is -4.44. The molecule has 2 aromatic rings. The molecular weight excluding hydrogens is 363 g/mol. The zero-order valence-corrected chi connectivity index (χ0v) is 14.3. The summed E-state index contributed by atoms with van der Waals surface area (Å²) in [6, 6.07) is 8.43. The number of urea groups is 1. The molecule has 9 heteroatoms. The number of anilines is 1. The minimum Gasteiger partial charge on any atom is -0.336 e. The molecule has 0 saturated carbocycles. The quantitative estimate of drug-likeness (QED) is 0.643. The molecule has 0 aliphatic carbocycles. The molecule has 0 bridgehead atoms. The lowest BCUT2D eigenvalue weighted by Crippen LogP contribution is -2.35. The van der Waals surface area contributed by atoms with Gasteiger partial charge < -0.3 is 5.32 Å². The molecule has 1 aliphatic heterocycles. The van der Waals surface area contributed by atoms with Gasteiger partial charge in [-0.1, -0.05) is 6.07 Å². The molecule has 2 aromatic carbocycles. The van der Waals surface area contributed by atoms with Gasteiger partial charge in [-0.05, 0) is 49.2 Å². The Morgan fingerprint density at radius 2 is 1.89 bits per heavy atom. The molecule has 1 aliphatic rings. The summed E-state index contributed by atoms with van der Waals surface area (Å²) in [5.41, 5.74) is 0.904. The van der Waals surface area contributed by atoms with Gasteiger partial charge in [-0.3, -0.25) is 15.0 Å². The third kappa shape index (κ3) is 3.86. The number of alkyl halides is 3. The highest BCUT2D eigenvalue weighted by molar-refractivity contribution is 5.95. The Hall–Kier alpha value is -3.10. The van der Waals surface area contributed by atoms with E-state index < -0.39 is 22.7 Å². The summed E-state index contributed by atoms with van der Waals surface area (Å²) in [5, 5.41) is 13.6. The zero-order valence-electron chi connectivity index (χ0n) is 14.3. The van der Waals surface area contributed by atoms with Crippen LogP contribution in [0.4, 0.5) is 29.3 Å². The van der Waals surface area contributed by atoms with Crippen molar-refractivity contribution in [2.24, 2.45) is 0 Å². The number of nitrogens with one attached hydrogen (secondary N) is 1. The summed E-state index contributed by atoms with van der Waals surface area (Å²) in [6.07, 6.45) is -4.03. The number of amides is 2. The number of hydrogen-bond donors (Lipinski definition) is 1. The lowest BCUT2D eigenvalue weighted by atomic mass is 10.0. The van der Waals surface area contributed by atoms with E-state index in [0.717, 1.165) is 17.7 Å². The highest BCUT2D eigenvalue weighted by atomic mass is 19.4. The third-order valence-corrected chi connectivity index (χ3v) is 4.47. The molecule has 0 aromatic heterocycles. The fourth-order valence-electron chi connectivity index (χ4n) is 3.17. The number of carbonyl (C=O) groups is 1. The number of carbonyl (C=O) groups excluding carboxylic acids is 1. The van der Waals surface area contributed by atoms with Crippen LogP contribution >= 0.6 is 0 Å². The van der Waals surface area contributed by atoms with Crippen molar-refractivity contribution in [2.45, 2.75) is 25.6 Å². The van der Waals surface area contributed by atoms with E-state index in [4.69, 9.17) is 0 Å². The van der Waals surface area contributed by atoms with Gasteiger partial charge in [0.2, 0.25) is 0 Å². The molecule has 1 heterocycles. The highest BCUT2D eigenvalue weighted by Crippen LogP contribution is 2.32. The average molecular weight is 379 g/mol. The van der Waals surface area contributed by atoms with Gasteiger partial charge in [0.05, 0.1) is 16.5 Å². The lowest BCUT2D eigenvalue weighted by molar-refractivity contribution is -0.385. The first kappa shape index (κ1) is 18.7. The van der Waals surface area contributed by atoms with Gasteiger partial charge in [0.15, 0.2) is 0 Å². The highest BCUT2D eigenvalue weighted by Gasteiger charge is 2.34. The first-order valence-electron chi connectivity index (χ1n) is 8.15. The van der Waals surface area contributed by atoms with Gasteiger partial charge in [0.25, 0.3) is 5.69 Å².